The van der Waals surface area contributed by atoms with Crippen LogP contribution in [-0.4, -0.2) is 41.4 Å². The van der Waals surface area contributed by atoms with Crippen molar-refractivity contribution in [2.75, 3.05) is 6.61 Å². The van der Waals surface area contributed by atoms with Gasteiger partial charge < -0.3 is 4.74 Å². The van der Waals surface area contributed by atoms with E-state index in [-0.39, 0.29) is 19.4 Å². The highest BCUT2D eigenvalue weighted by Gasteiger charge is 2.53. The lowest BCUT2D eigenvalue weighted by Crippen LogP contribution is -2.66. The molecule has 1 fully saturated rings. The minimum absolute atomic E-state index is 0.151. The van der Waals surface area contributed by atoms with Gasteiger partial charge in [0.2, 0.25) is 11.8 Å². The zero-order valence-corrected chi connectivity index (χ0v) is 12.2. The monoisotopic (exact) mass is 284 g/mol. The molecule has 0 aliphatic carbocycles. The Balaban J connectivity index is 3.13. The van der Waals surface area contributed by atoms with Gasteiger partial charge in [-0.3, -0.25) is 14.9 Å². The number of barbiturate groups is 1. The molecule has 0 spiro atoms. The largest absolute Gasteiger partial charge is 0.464 e. The highest BCUT2D eigenvalue weighted by Crippen LogP contribution is 2.33. The Kier molecular flexibility index (Phi) is 4.86. The van der Waals surface area contributed by atoms with Crippen LogP contribution in [0.25, 0.3) is 0 Å². The Hall–Kier alpha value is -1.92. The number of nitrogens with one attached hydrogen (secondary N) is 1. The number of nitrogens with zero attached hydrogens (tertiary/aromatic N) is 1. The van der Waals surface area contributed by atoms with Gasteiger partial charge in [0.1, 0.15) is 11.5 Å². The molecule has 1 unspecified atom stereocenters. The van der Waals surface area contributed by atoms with E-state index in [1.165, 1.54) is 6.92 Å². The van der Waals surface area contributed by atoms with E-state index < -0.39 is 35.3 Å². The molecule has 1 aliphatic rings. The Labute approximate surface area is 117 Å². The summed E-state index contributed by atoms with van der Waals surface area (Å²) in [6, 6.07) is -1.94. The molecule has 1 aliphatic heterocycles. The molecule has 1 atom stereocenters. The maximum absolute atomic E-state index is 12.5. The number of rotatable bonds is 5. The topological polar surface area (TPSA) is 92.8 Å². The molecular weight excluding hydrogens is 264 g/mol. The van der Waals surface area contributed by atoms with Gasteiger partial charge in [0.15, 0.2) is 0 Å². The van der Waals surface area contributed by atoms with Crippen LogP contribution in [0.4, 0.5) is 4.79 Å². The molecule has 0 saturated carbocycles. The summed E-state index contributed by atoms with van der Waals surface area (Å²) in [4.78, 5) is 48.8. The lowest BCUT2D eigenvalue weighted by molar-refractivity contribution is -0.161. The number of esters is 1. The number of carbonyl (C=O) groups excluding carboxylic acids is 4. The first-order valence-corrected chi connectivity index (χ1v) is 6.71. The predicted molar refractivity (Wildman–Crippen MR) is 69.5 cm³/mol. The first-order chi connectivity index (χ1) is 9.35. The van der Waals surface area contributed by atoms with E-state index in [0.717, 1.165) is 4.90 Å². The van der Waals surface area contributed by atoms with Crippen molar-refractivity contribution in [2.45, 2.75) is 46.6 Å². The molecule has 1 heterocycles. The van der Waals surface area contributed by atoms with E-state index in [0.29, 0.717) is 0 Å². The first-order valence-electron chi connectivity index (χ1n) is 6.71. The van der Waals surface area contributed by atoms with Crippen molar-refractivity contribution >= 4 is 23.8 Å². The van der Waals surface area contributed by atoms with Crippen molar-refractivity contribution in [3.8, 4) is 0 Å². The molecule has 1 rings (SSSR count). The van der Waals surface area contributed by atoms with E-state index in [4.69, 9.17) is 4.74 Å². The smallest absolute Gasteiger partial charge is 0.331 e. The molecular formula is C13H20N2O5. The fraction of sp³-hybridized carbons (Fsp3) is 0.692. The van der Waals surface area contributed by atoms with Gasteiger partial charge >= 0.3 is 12.0 Å². The van der Waals surface area contributed by atoms with E-state index in [2.05, 4.69) is 5.32 Å². The molecule has 0 bridgehead atoms. The summed E-state index contributed by atoms with van der Waals surface area (Å²) in [6.07, 6.45) is 0.515. The second-order valence-electron chi connectivity index (χ2n) is 4.65. The van der Waals surface area contributed by atoms with Crippen LogP contribution in [0.2, 0.25) is 0 Å². The summed E-state index contributed by atoms with van der Waals surface area (Å²) >= 11 is 0. The normalized spacial score (nSPS) is 19.6. The Bertz CT molecular complexity index is 442. The van der Waals surface area contributed by atoms with Crippen LogP contribution in [0.5, 0.6) is 0 Å². The lowest BCUT2D eigenvalue weighted by Gasteiger charge is -2.39. The van der Waals surface area contributed by atoms with Crippen molar-refractivity contribution in [1.29, 1.82) is 0 Å². The highest BCUT2D eigenvalue weighted by atomic mass is 16.5. The quantitative estimate of drug-likeness (QED) is 0.596. The molecule has 7 nitrogen and oxygen atoms in total. The van der Waals surface area contributed by atoms with Crippen LogP contribution in [-0.2, 0) is 19.1 Å². The summed E-state index contributed by atoms with van der Waals surface area (Å²) in [7, 11) is 0. The molecule has 1 saturated heterocycles. The maximum atomic E-state index is 12.5. The zero-order valence-electron chi connectivity index (χ0n) is 12.2. The van der Waals surface area contributed by atoms with Crippen LogP contribution in [0, 0.1) is 5.41 Å². The van der Waals surface area contributed by atoms with Gasteiger partial charge in [0.25, 0.3) is 0 Å². The van der Waals surface area contributed by atoms with Crippen LogP contribution >= 0.6 is 0 Å². The zero-order chi connectivity index (χ0) is 15.5. The fourth-order valence-electron chi connectivity index (χ4n) is 2.29. The van der Waals surface area contributed by atoms with E-state index in [1.54, 1.807) is 20.8 Å². The third-order valence-corrected chi connectivity index (χ3v) is 3.72. The third-order valence-electron chi connectivity index (χ3n) is 3.72. The number of ether oxygens (including phenoxy) is 1. The number of imide groups is 2. The molecule has 7 heteroatoms. The Morgan fingerprint density at radius 2 is 1.80 bits per heavy atom. The number of hydrogen-bond acceptors (Lipinski definition) is 5. The maximum Gasteiger partial charge on any atom is 0.331 e. The van der Waals surface area contributed by atoms with Crippen LogP contribution in [0.3, 0.4) is 0 Å². The standard InChI is InChI=1S/C13H20N2O5/c1-5-13(6-2)10(17)14-12(19)15(11(13)18)8(4)9(16)20-7-3/h8H,5-7H2,1-4H3,(H,14,17,19). The fourth-order valence-corrected chi connectivity index (χ4v) is 2.29. The Morgan fingerprint density at radius 1 is 1.25 bits per heavy atom. The van der Waals surface area contributed by atoms with Crippen LogP contribution in [0.1, 0.15) is 40.5 Å². The molecule has 0 aromatic carbocycles. The van der Waals surface area contributed by atoms with Crippen LogP contribution < -0.4 is 5.32 Å². The Morgan fingerprint density at radius 3 is 2.25 bits per heavy atom. The summed E-state index contributed by atoms with van der Waals surface area (Å²) in [5, 5.41) is 2.15. The number of urea groups is 1. The predicted octanol–water partition coefficient (Wildman–Crippen LogP) is 0.823. The minimum Gasteiger partial charge on any atom is -0.464 e. The van der Waals surface area contributed by atoms with Crippen molar-refractivity contribution in [3.05, 3.63) is 0 Å². The van der Waals surface area contributed by atoms with E-state index in [9.17, 15) is 19.2 Å². The van der Waals surface area contributed by atoms with Crippen molar-refractivity contribution in [3.63, 3.8) is 0 Å². The number of carbonyl (C=O) groups is 4. The molecule has 20 heavy (non-hydrogen) atoms. The lowest BCUT2D eigenvalue weighted by atomic mass is 9.78. The second kappa shape index (κ2) is 6.02. The summed E-state index contributed by atoms with van der Waals surface area (Å²) in [5.74, 6) is -1.92. The number of hydrogen-bond donors (Lipinski definition) is 1. The molecule has 0 aromatic rings. The second-order valence-corrected chi connectivity index (χ2v) is 4.65. The highest BCUT2D eigenvalue weighted by molar-refractivity contribution is 6.20. The number of amides is 4. The summed E-state index contributed by atoms with van der Waals surface area (Å²) in [5.41, 5.74) is -1.30. The average molecular weight is 284 g/mol. The van der Waals surface area contributed by atoms with Gasteiger partial charge in [-0.1, -0.05) is 13.8 Å². The third kappa shape index (κ3) is 2.39. The van der Waals surface area contributed by atoms with Gasteiger partial charge in [0.05, 0.1) is 6.61 Å². The SMILES string of the molecule is CCOC(=O)C(C)N1C(=O)NC(=O)C(CC)(CC)C1=O. The molecule has 0 radical (unpaired) electrons. The van der Waals surface area contributed by atoms with Gasteiger partial charge in [-0.15, -0.1) is 0 Å². The molecule has 0 aromatic heterocycles. The van der Waals surface area contributed by atoms with Gasteiger partial charge in [-0.25, -0.2) is 14.5 Å². The average Bonchev–Trinajstić information content (AvgIpc) is 2.40. The van der Waals surface area contributed by atoms with E-state index >= 15 is 0 Å². The van der Waals surface area contributed by atoms with Crippen molar-refractivity contribution < 1.29 is 23.9 Å². The molecule has 4 amide bonds. The van der Waals surface area contributed by atoms with Crippen LogP contribution in [0.15, 0.2) is 0 Å². The first kappa shape index (κ1) is 16.1. The van der Waals surface area contributed by atoms with Gasteiger partial charge in [-0.2, -0.15) is 0 Å². The summed E-state index contributed by atoms with van der Waals surface area (Å²) in [6.45, 7) is 6.59. The van der Waals surface area contributed by atoms with Crippen molar-refractivity contribution in [1.82, 2.24) is 10.2 Å². The minimum atomic E-state index is -1.30. The van der Waals surface area contributed by atoms with Gasteiger partial charge in [-0.05, 0) is 26.7 Å². The van der Waals surface area contributed by atoms with E-state index in [1.807, 2.05) is 0 Å². The summed E-state index contributed by atoms with van der Waals surface area (Å²) < 4.78 is 4.82. The molecule has 1 N–H and O–H groups in total. The van der Waals surface area contributed by atoms with Gasteiger partial charge in [0, 0.05) is 0 Å². The molecule has 112 valence electrons. The van der Waals surface area contributed by atoms with Crippen molar-refractivity contribution in [2.24, 2.45) is 5.41 Å².